The van der Waals surface area contributed by atoms with Gasteiger partial charge in [-0.25, -0.2) is 13.2 Å². The zero-order chi connectivity index (χ0) is 30.9. The van der Waals surface area contributed by atoms with Crippen molar-refractivity contribution in [1.29, 1.82) is 0 Å². The minimum absolute atomic E-state index is 0.0124. The lowest BCUT2D eigenvalue weighted by Crippen LogP contribution is -2.56. The van der Waals surface area contributed by atoms with E-state index in [1.807, 2.05) is 30.0 Å². The molecule has 7 nitrogen and oxygen atoms in total. The van der Waals surface area contributed by atoms with Crippen LogP contribution in [0, 0.1) is 11.6 Å². The molecule has 4 aliphatic rings. The zero-order valence-electron chi connectivity index (χ0n) is 25.4. The van der Waals surface area contributed by atoms with Crippen LogP contribution in [-0.2, 0) is 11.2 Å². The first-order valence-electron chi connectivity index (χ1n) is 16.1. The molecular formula is C35H37F3N4O3. The summed E-state index contributed by atoms with van der Waals surface area (Å²) in [5, 5.41) is 12.2. The zero-order valence-corrected chi connectivity index (χ0v) is 25.4. The number of aromatic hydroxyl groups is 1. The van der Waals surface area contributed by atoms with Crippen molar-refractivity contribution in [2.45, 2.75) is 69.2 Å². The summed E-state index contributed by atoms with van der Waals surface area (Å²) in [6, 6.07) is 9.94. The first kappa shape index (κ1) is 28.8. The lowest BCUT2D eigenvalue weighted by atomic mass is 9.85. The molecule has 1 spiro atoms. The Morgan fingerprint density at radius 2 is 1.93 bits per heavy atom. The van der Waals surface area contributed by atoms with Crippen molar-refractivity contribution in [3.8, 4) is 22.9 Å². The van der Waals surface area contributed by atoms with Crippen LogP contribution in [0.25, 0.3) is 32.8 Å². The van der Waals surface area contributed by atoms with E-state index in [0.717, 1.165) is 44.2 Å². The van der Waals surface area contributed by atoms with Crippen LogP contribution >= 0.6 is 0 Å². The highest BCUT2D eigenvalue weighted by Crippen LogP contribution is 2.44. The van der Waals surface area contributed by atoms with E-state index in [-0.39, 0.29) is 46.0 Å². The fourth-order valence-electron chi connectivity index (χ4n) is 8.33. The fraction of sp³-hybridized carbons (Fsp3) is 0.486. The van der Waals surface area contributed by atoms with E-state index in [4.69, 9.17) is 14.5 Å². The number of aryl methyl sites for hydroxylation is 1. The second kappa shape index (κ2) is 10.7. The van der Waals surface area contributed by atoms with Crippen molar-refractivity contribution < 1.29 is 27.8 Å². The third-order valence-electron chi connectivity index (χ3n) is 10.6. The van der Waals surface area contributed by atoms with E-state index >= 15 is 8.78 Å². The smallest absolute Gasteiger partial charge is 0.319 e. The highest BCUT2D eigenvalue weighted by molar-refractivity contribution is 6.03. The highest BCUT2D eigenvalue weighted by Gasteiger charge is 2.49. The summed E-state index contributed by atoms with van der Waals surface area (Å²) in [6.45, 7) is 5.29. The molecule has 0 amide bonds. The normalized spacial score (nSPS) is 26.6. The van der Waals surface area contributed by atoms with E-state index in [1.54, 1.807) is 6.07 Å². The summed E-state index contributed by atoms with van der Waals surface area (Å²) < 4.78 is 59.9. The fourth-order valence-corrected chi connectivity index (χ4v) is 8.33. The Kier molecular flexibility index (Phi) is 6.87. The molecule has 0 radical (unpaired) electrons. The highest BCUT2D eigenvalue weighted by atomic mass is 19.1. The van der Waals surface area contributed by atoms with E-state index in [1.165, 1.54) is 12.1 Å². The summed E-state index contributed by atoms with van der Waals surface area (Å²) in [6.07, 6.45) is 4.60. The Hall–Kier alpha value is -3.63. The largest absolute Gasteiger partial charge is 0.508 e. The molecule has 236 valence electrons. The maximum Gasteiger partial charge on any atom is 0.319 e. The first-order valence-corrected chi connectivity index (χ1v) is 16.1. The lowest BCUT2D eigenvalue weighted by Gasteiger charge is -2.48. The average Bonchev–Trinajstić information content (AvgIpc) is 3.54. The van der Waals surface area contributed by atoms with Gasteiger partial charge in [-0.15, -0.1) is 0 Å². The van der Waals surface area contributed by atoms with Gasteiger partial charge in [0.05, 0.1) is 23.3 Å². The molecule has 0 bridgehead atoms. The van der Waals surface area contributed by atoms with Gasteiger partial charge in [-0.2, -0.15) is 9.97 Å². The molecular weight excluding hydrogens is 581 g/mol. The number of nitrogens with zero attached hydrogens (tertiary/aromatic N) is 4. The molecule has 8 rings (SSSR count). The van der Waals surface area contributed by atoms with Gasteiger partial charge in [0.2, 0.25) is 0 Å². The predicted molar refractivity (Wildman–Crippen MR) is 167 cm³/mol. The summed E-state index contributed by atoms with van der Waals surface area (Å²) in [7, 11) is 0. The third kappa shape index (κ3) is 4.71. The molecule has 4 saturated heterocycles. The molecule has 1 aromatic heterocycles. The number of hydrogen-bond acceptors (Lipinski definition) is 7. The minimum Gasteiger partial charge on any atom is -0.508 e. The lowest BCUT2D eigenvalue weighted by molar-refractivity contribution is -0.151. The second-order valence-corrected chi connectivity index (χ2v) is 13.3. The van der Waals surface area contributed by atoms with Gasteiger partial charge < -0.3 is 19.5 Å². The van der Waals surface area contributed by atoms with Crippen LogP contribution in [0.1, 0.15) is 51.0 Å². The topological polar surface area (TPSA) is 71.0 Å². The van der Waals surface area contributed by atoms with E-state index < -0.39 is 23.3 Å². The van der Waals surface area contributed by atoms with Crippen LogP contribution in [0.2, 0.25) is 0 Å². The van der Waals surface area contributed by atoms with E-state index in [0.29, 0.717) is 55.7 Å². The number of benzene rings is 3. The Morgan fingerprint density at radius 3 is 2.73 bits per heavy atom. The number of phenolic OH excluding ortho intramolecular Hbond substituents is 1. The molecule has 4 aliphatic heterocycles. The number of halogens is 3. The van der Waals surface area contributed by atoms with Gasteiger partial charge in [0, 0.05) is 37.9 Å². The molecule has 0 unspecified atom stereocenters. The number of fused-ring (bicyclic) bond motifs is 3. The number of aromatic nitrogens is 2. The molecule has 5 heterocycles. The van der Waals surface area contributed by atoms with Crippen LogP contribution < -0.4 is 9.64 Å². The molecule has 10 heteroatoms. The van der Waals surface area contributed by atoms with E-state index in [2.05, 4.69) is 9.88 Å². The number of anilines is 1. The monoisotopic (exact) mass is 618 g/mol. The Morgan fingerprint density at radius 1 is 1.09 bits per heavy atom. The number of ether oxygens (including phenoxy) is 2. The van der Waals surface area contributed by atoms with Crippen LogP contribution in [0.3, 0.4) is 0 Å². The SMILES string of the molecule is CCc1cccc2cc(O)cc(-c3c(F)cc4c(N5CCC[C@]6(CCO6)C5)nc(OC[C@@]56CCCN5C[C@H](F)C6)nc4c3F)c12. The van der Waals surface area contributed by atoms with Gasteiger partial charge in [-0.1, -0.05) is 25.1 Å². The average molecular weight is 619 g/mol. The van der Waals surface area contributed by atoms with Gasteiger partial charge in [-0.3, -0.25) is 4.90 Å². The molecule has 0 aliphatic carbocycles. The molecule has 4 aromatic rings. The van der Waals surface area contributed by atoms with Crippen molar-refractivity contribution in [1.82, 2.24) is 14.9 Å². The number of piperidine rings is 1. The van der Waals surface area contributed by atoms with Gasteiger partial charge >= 0.3 is 6.01 Å². The number of alkyl halides is 1. The summed E-state index contributed by atoms with van der Waals surface area (Å²) >= 11 is 0. The van der Waals surface area contributed by atoms with Crippen molar-refractivity contribution >= 4 is 27.5 Å². The number of phenols is 1. The second-order valence-electron chi connectivity index (χ2n) is 13.3. The maximum atomic E-state index is 16.9. The van der Waals surface area contributed by atoms with Gasteiger partial charge in [0.25, 0.3) is 0 Å². The Bertz CT molecular complexity index is 1820. The van der Waals surface area contributed by atoms with Crippen molar-refractivity contribution in [2.24, 2.45) is 0 Å². The molecule has 3 atom stereocenters. The standard InChI is InChI=1S/C35H37F3N4O3/c1-2-21-6-3-7-22-14-24(43)15-25(28(21)22)29-27(37)16-26-31(30(29)38)39-33(44-20-34-8-4-12-42(34)18-23(36)17-34)40-32(26)41-11-5-9-35(19-41)10-13-45-35/h3,6-7,14-16,23,43H,2,4-5,8-13,17-20H2,1H3/t23-,34+,35+/m1/s1. The molecule has 4 fully saturated rings. The van der Waals surface area contributed by atoms with Gasteiger partial charge in [0.15, 0.2) is 5.82 Å². The number of rotatable bonds is 6. The van der Waals surface area contributed by atoms with Crippen LogP contribution in [-0.4, -0.2) is 76.7 Å². The Labute approximate surface area is 260 Å². The number of hydrogen-bond donors (Lipinski definition) is 1. The van der Waals surface area contributed by atoms with Crippen LogP contribution in [0.15, 0.2) is 36.4 Å². The summed E-state index contributed by atoms with van der Waals surface area (Å²) in [4.78, 5) is 13.5. The van der Waals surface area contributed by atoms with Crippen LogP contribution in [0.4, 0.5) is 19.0 Å². The van der Waals surface area contributed by atoms with Crippen molar-refractivity contribution in [3.63, 3.8) is 0 Å². The van der Waals surface area contributed by atoms with Gasteiger partial charge in [0.1, 0.15) is 35.7 Å². The van der Waals surface area contributed by atoms with Crippen molar-refractivity contribution in [3.05, 3.63) is 53.6 Å². The molecule has 3 aromatic carbocycles. The maximum absolute atomic E-state index is 16.9. The molecule has 0 saturated carbocycles. The molecule has 45 heavy (non-hydrogen) atoms. The third-order valence-corrected chi connectivity index (χ3v) is 10.6. The van der Waals surface area contributed by atoms with Crippen molar-refractivity contribution in [2.75, 3.05) is 44.3 Å². The summed E-state index contributed by atoms with van der Waals surface area (Å²) in [5.41, 5.74) is 0.151. The quantitative estimate of drug-likeness (QED) is 0.258. The molecule has 1 N–H and O–H groups in total. The first-order chi connectivity index (χ1) is 21.8. The summed E-state index contributed by atoms with van der Waals surface area (Å²) in [5.74, 6) is -1.28. The minimum atomic E-state index is -0.915. The Balaban J connectivity index is 1.29. The van der Waals surface area contributed by atoms with Gasteiger partial charge in [-0.05, 0) is 78.7 Å². The van der Waals surface area contributed by atoms with E-state index in [9.17, 15) is 9.50 Å². The van der Waals surface area contributed by atoms with Crippen LogP contribution in [0.5, 0.6) is 11.8 Å². The predicted octanol–water partition coefficient (Wildman–Crippen LogP) is 6.71.